The van der Waals surface area contributed by atoms with Crippen LogP contribution in [-0.2, 0) is 21.7 Å². The fraction of sp³-hybridized carbons (Fsp3) is 0.238. The SMILES string of the molecule is CC(C)(C)c1ccc(Nc2cc3sc4cc5c(cc4c3cc2-c2ccc3c4cc6c(cc4n4c3c2Bc2cc3c(cc2-4)oc2ccccc23)-c2ccccc2C6(C)C)C(C)(C)CCC5(C)C)cc1. The van der Waals surface area contributed by atoms with Crippen molar-refractivity contribution in [3.63, 3.8) is 0 Å². The Balaban J connectivity index is 1.07. The van der Waals surface area contributed by atoms with Crippen LogP contribution in [0.3, 0.4) is 0 Å². The van der Waals surface area contributed by atoms with Gasteiger partial charge in [0.25, 0.3) is 0 Å². The van der Waals surface area contributed by atoms with Crippen molar-refractivity contribution >= 4 is 105 Å². The number of thiophene rings is 1. The fourth-order valence-corrected chi connectivity index (χ4v) is 14.0. The van der Waals surface area contributed by atoms with Gasteiger partial charge in [-0.05, 0) is 134 Å². The molecule has 8 aromatic carbocycles. The third-order valence-corrected chi connectivity index (χ3v) is 17.9. The molecule has 0 amide bonds. The minimum atomic E-state index is -0.107. The zero-order chi connectivity index (χ0) is 46.4. The van der Waals surface area contributed by atoms with Crippen LogP contribution in [0.2, 0.25) is 0 Å². The Hall–Kier alpha value is -6.56. The molecule has 3 aliphatic rings. The zero-order valence-corrected chi connectivity index (χ0v) is 41.4. The van der Waals surface area contributed by atoms with Gasteiger partial charge in [0.15, 0.2) is 7.28 Å². The van der Waals surface area contributed by atoms with Gasteiger partial charge in [-0.1, -0.05) is 141 Å². The summed E-state index contributed by atoms with van der Waals surface area (Å²) in [5, 5.41) is 11.7. The summed E-state index contributed by atoms with van der Waals surface area (Å²) in [6.45, 7) is 21.4. The number of fused-ring (bicyclic) bond motifs is 15. The number of hydrogen-bond donors (Lipinski definition) is 1. The lowest BCUT2D eigenvalue weighted by Crippen LogP contribution is -2.37. The van der Waals surface area contributed by atoms with Crippen LogP contribution in [0.5, 0.6) is 0 Å². The number of rotatable bonds is 3. The van der Waals surface area contributed by atoms with E-state index in [2.05, 4.69) is 206 Å². The van der Waals surface area contributed by atoms with E-state index in [9.17, 15) is 0 Å². The lowest BCUT2D eigenvalue weighted by molar-refractivity contribution is 0.332. The second kappa shape index (κ2) is 13.4. The Labute approximate surface area is 403 Å². The first-order valence-electron chi connectivity index (χ1n) is 24.7. The van der Waals surface area contributed by atoms with Gasteiger partial charge >= 0.3 is 0 Å². The van der Waals surface area contributed by atoms with Gasteiger partial charge in [-0.15, -0.1) is 11.3 Å². The quantitative estimate of drug-likeness (QED) is 0.179. The second-order valence-electron chi connectivity index (χ2n) is 23.3. The van der Waals surface area contributed by atoms with E-state index in [1.807, 2.05) is 11.3 Å². The van der Waals surface area contributed by atoms with E-state index < -0.39 is 0 Å². The molecule has 1 N–H and O–H groups in total. The van der Waals surface area contributed by atoms with Crippen LogP contribution in [0.4, 0.5) is 11.4 Å². The normalized spacial score (nSPS) is 16.4. The monoisotopic (exact) mass is 898 g/mol. The number of nitrogens with zero attached hydrogens (tertiary/aromatic N) is 1. The molecule has 5 heteroatoms. The van der Waals surface area contributed by atoms with Crippen LogP contribution in [0.1, 0.15) is 103 Å². The van der Waals surface area contributed by atoms with Crippen LogP contribution >= 0.6 is 11.3 Å². The molecule has 4 heterocycles. The van der Waals surface area contributed by atoms with Crippen LogP contribution in [-0.4, -0.2) is 11.8 Å². The molecule has 2 aliphatic carbocycles. The number of aromatic nitrogens is 1. The number of furan rings is 1. The minimum absolute atomic E-state index is 0.0718. The molecule has 3 nitrogen and oxygen atoms in total. The highest BCUT2D eigenvalue weighted by Crippen LogP contribution is 2.53. The molecule has 0 unspecified atom stereocenters. The lowest BCUT2D eigenvalue weighted by Gasteiger charge is -2.41. The highest BCUT2D eigenvalue weighted by Gasteiger charge is 2.39. The van der Waals surface area contributed by atoms with Gasteiger partial charge in [0, 0.05) is 81.3 Å². The van der Waals surface area contributed by atoms with Crippen LogP contribution in [0, 0.1) is 0 Å². The summed E-state index contributed by atoms with van der Waals surface area (Å²) in [7, 11) is 0.806. The minimum Gasteiger partial charge on any atom is -0.456 e. The zero-order valence-electron chi connectivity index (χ0n) is 40.6. The maximum absolute atomic E-state index is 6.64. The summed E-state index contributed by atoms with van der Waals surface area (Å²) in [4.78, 5) is 0. The van der Waals surface area contributed by atoms with Gasteiger partial charge in [-0.3, -0.25) is 0 Å². The summed E-state index contributed by atoms with van der Waals surface area (Å²) in [5.74, 6) is 0. The molecule has 0 radical (unpaired) electrons. The van der Waals surface area contributed by atoms with E-state index >= 15 is 0 Å². The van der Waals surface area contributed by atoms with Crippen molar-refractivity contribution in [3.8, 4) is 27.9 Å². The maximum Gasteiger partial charge on any atom is 0.198 e. The van der Waals surface area contributed by atoms with Gasteiger partial charge in [0.1, 0.15) is 11.2 Å². The molecule has 0 bridgehead atoms. The highest BCUT2D eigenvalue weighted by molar-refractivity contribution is 7.25. The number of para-hydroxylation sites is 1. The summed E-state index contributed by atoms with van der Waals surface area (Å²) in [6.07, 6.45) is 2.40. The summed E-state index contributed by atoms with van der Waals surface area (Å²) < 4.78 is 11.9. The average molecular weight is 899 g/mol. The van der Waals surface area contributed by atoms with Crippen molar-refractivity contribution in [2.75, 3.05) is 5.32 Å². The topological polar surface area (TPSA) is 30.1 Å². The van der Waals surface area contributed by atoms with Gasteiger partial charge in [-0.25, -0.2) is 0 Å². The highest BCUT2D eigenvalue weighted by atomic mass is 32.1. The number of nitrogens with one attached hydrogen (secondary N) is 1. The molecule has 68 heavy (non-hydrogen) atoms. The standard InChI is InChI=1S/C63H55BN2OS/c1-60(2,3)34-18-20-35(21-19-34)65-51-32-57-44(45-28-48-49(31-56(45)68-57)62(6,7)25-24-61(48,4)5)26-41(51)38-22-23-39-42-27-47-40(36-14-10-12-16-46(36)63(47,8)9)30-52(42)66-53-33-55-43(29-50(53)64-58(38)59(39)66)37-15-11-13-17-54(37)67-55/h10-23,26-33,64-65H,24-25H2,1-9H3. The van der Waals surface area contributed by atoms with E-state index in [1.54, 1.807) is 0 Å². The largest absolute Gasteiger partial charge is 0.456 e. The molecule has 332 valence electrons. The Bertz CT molecular complexity index is 4030. The van der Waals surface area contributed by atoms with Crippen molar-refractivity contribution < 1.29 is 4.42 Å². The third kappa shape index (κ3) is 5.54. The van der Waals surface area contributed by atoms with Gasteiger partial charge in [0.2, 0.25) is 0 Å². The van der Waals surface area contributed by atoms with E-state index in [4.69, 9.17) is 4.42 Å². The first kappa shape index (κ1) is 40.5. The Morgan fingerprint density at radius 2 is 1.26 bits per heavy atom. The molecule has 14 rings (SSSR count). The second-order valence-corrected chi connectivity index (χ2v) is 24.4. The van der Waals surface area contributed by atoms with Crippen LogP contribution in [0.15, 0.2) is 138 Å². The molecule has 0 saturated carbocycles. The van der Waals surface area contributed by atoms with E-state index in [-0.39, 0.29) is 21.7 Å². The summed E-state index contributed by atoms with van der Waals surface area (Å²) in [5.41, 5.74) is 23.1. The molecule has 0 atom stereocenters. The number of anilines is 2. The first-order valence-corrected chi connectivity index (χ1v) is 25.5. The Kier molecular flexibility index (Phi) is 7.96. The number of benzene rings is 8. The average Bonchev–Trinajstić information content (AvgIpc) is 4.02. The van der Waals surface area contributed by atoms with Crippen LogP contribution in [0.25, 0.3) is 91.9 Å². The molecular formula is C63H55BN2OS. The lowest BCUT2D eigenvalue weighted by atomic mass is 9.59. The molecule has 11 aromatic rings. The smallest absolute Gasteiger partial charge is 0.198 e. The summed E-state index contributed by atoms with van der Waals surface area (Å²) in [6, 6.07) is 51.4. The molecule has 0 saturated heterocycles. The van der Waals surface area contributed by atoms with Crippen molar-refractivity contribution in [2.45, 2.75) is 96.8 Å². The van der Waals surface area contributed by atoms with Crippen molar-refractivity contribution in [1.29, 1.82) is 0 Å². The maximum atomic E-state index is 6.64. The Morgan fingerprint density at radius 1 is 0.559 bits per heavy atom. The predicted molar refractivity (Wildman–Crippen MR) is 294 cm³/mol. The van der Waals surface area contributed by atoms with Crippen molar-refractivity contribution in [1.82, 2.24) is 4.57 Å². The van der Waals surface area contributed by atoms with Crippen molar-refractivity contribution in [2.24, 2.45) is 0 Å². The van der Waals surface area contributed by atoms with Gasteiger partial charge < -0.3 is 14.3 Å². The summed E-state index contributed by atoms with van der Waals surface area (Å²) >= 11 is 1.94. The van der Waals surface area contributed by atoms with E-state index in [0.717, 1.165) is 35.2 Å². The molecule has 3 aromatic heterocycles. The molecular weight excluding hydrogens is 844 g/mol. The molecule has 0 fully saturated rings. The third-order valence-electron chi connectivity index (χ3n) is 16.8. The van der Waals surface area contributed by atoms with Gasteiger partial charge in [0.05, 0.1) is 5.52 Å². The van der Waals surface area contributed by atoms with Gasteiger partial charge in [-0.2, -0.15) is 0 Å². The van der Waals surface area contributed by atoms with Crippen LogP contribution < -0.4 is 16.2 Å². The van der Waals surface area contributed by atoms with Crippen molar-refractivity contribution in [3.05, 3.63) is 161 Å². The molecule has 1 aliphatic heterocycles. The van der Waals surface area contributed by atoms with E-state index in [1.165, 1.54) is 127 Å². The first-order chi connectivity index (χ1) is 32.5. The van der Waals surface area contributed by atoms with E-state index in [0.29, 0.717) is 0 Å². The predicted octanol–water partition coefficient (Wildman–Crippen LogP) is 16.1. The molecule has 0 spiro atoms. The Morgan fingerprint density at radius 3 is 2.06 bits per heavy atom. The fourth-order valence-electron chi connectivity index (χ4n) is 12.8. The number of hydrogen-bond acceptors (Lipinski definition) is 3.